The van der Waals surface area contributed by atoms with Gasteiger partial charge in [-0.25, -0.2) is 0 Å². The molecular weight excluding hydrogens is 214 g/mol. The molecule has 0 atom stereocenters. The van der Waals surface area contributed by atoms with Crippen molar-refractivity contribution in [1.29, 1.82) is 0 Å². The summed E-state index contributed by atoms with van der Waals surface area (Å²) in [4.78, 5) is 10.2. The van der Waals surface area contributed by atoms with E-state index in [0.29, 0.717) is 6.42 Å². The third-order valence-corrected chi connectivity index (χ3v) is 2.24. The maximum absolute atomic E-state index is 10.2. The fourth-order valence-corrected chi connectivity index (χ4v) is 1.41. The standard InChI is InChI=1S/C11H22O2.C3H6.H3N/c1-2-3-4-5-6-7-8-9-10-11(12)13;1-3-2;/h2-10H2,1H3,(H,12,13);3H,1H2,2H3;1H3. The first kappa shape index (κ1) is 21.5. The van der Waals surface area contributed by atoms with Crippen molar-refractivity contribution in [2.75, 3.05) is 0 Å². The molecule has 0 aliphatic heterocycles. The van der Waals surface area contributed by atoms with Crippen LogP contribution in [0, 0.1) is 0 Å². The zero-order valence-corrected chi connectivity index (χ0v) is 11.7. The lowest BCUT2D eigenvalue weighted by Crippen LogP contribution is -1.93. The number of allylic oxidation sites excluding steroid dienone is 1. The molecule has 0 fully saturated rings. The van der Waals surface area contributed by atoms with Gasteiger partial charge in [0.05, 0.1) is 0 Å². The Kier molecular flexibility index (Phi) is 26.0. The van der Waals surface area contributed by atoms with Crippen LogP contribution in [0.1, 0.15) is 71.6 Å². The van der Waals surface area contributed by atoms with Gasteiger partial charge in [0, 0.05) is 6.42 Å². The van der Waals surface area contributed by atoms with Crippen LogP contribution in [0.4, 0.5) is 0 Å². The van der Waals surface area contributed by atoms with E-state index in [1.54, 1.807) is 6.08 Å². The SMILES string of the molecule is C=CC.CCCCCCCCCCC(=O)O.N. The molecule has 17 heavy (non-hydrogen) atoms. The van der Waals surface area contributed by atoms with Gasteiger partial charge < -0.3 is 11.3 Å². The highest BCUT2D eigenvalue weighted by Crippen LogP contribution is 2.09. The molecule has 4 N–H and O–H groups in total. The second-order valence-electron chi connectivity index (χ2n) is 4.03. The van der Waals surface area contributed by atoms with Crippen molar-refractivity contribution in [1.82, 2.24) is 6.15 Å². The molecule has 0 unspecified atom stereocenters. The van der Waals surface area contributed by atoms with Gasteiger partial charge in [0.15, 0.2) is 0 Å². The van der Waals surface area contributed by atoms with Gasteiger partial charge in [-0.2, -0.15) is 0 Å². The van der Waals surface area contributed by atoms with E-state index in [4.69, 9.17) is 5.11 Å². The summed E-state index contributed by atoms with van der Waals surface area (Å²) >= 11 is 0. The monoisotopic (exact) mass is 245 g/mol. The summed E-state index contributed by atoms with van der Waals surface area (Å²) in [6.45, 7) is 7.47. The van der Waals surface area contributed by atoms with E-state index >= 15 is 0 Å². The molecule has 0 aliphatic rings. The molecule has 0 saturated carbocycles. The Morgan fingerprint density at radius 1 is 1.06 bits per heavy atom. The minimum absolute atomic E-state index is 0. The third kappa shape index (κ3) is 31.3. The Bertz CT molecular complexity index is 158. The highest BCUT2D eigenvalue weighted by atomic mass is 16.4. The molecule has 0 saturated heterocycles. The van der Waals surface area contributed by atoms with E-state index in [-0.39, 0.29) is 6.15 Å². The van der Waals surface area contributed by atoms with Crippen LogP contribution < -0.4 is 6.15 Å². The van der Waals surface area contributed by atoms with Crippen molar-refractivity contribution < 1.29 is 9.90 Å². The number of aliphatic carboxylic acids is 1. The lowest BCUT2D eigenvalue weighted by atomic mass is 10.1. The van der Waals surface area contributed by atoms with Crippen molar-refractivity contribution in [2.45, 2.75) is 71.6 Å². The normalized spacial score (nSPS) is 8.59. The van der Waals surface area contributed by atoms with E-state index in [0.717, 1.165) is 12.8 Å². The average molecular weight is 245 g/mol. The minimum atomic E-state index is -0.661. The van der Waals surface area contributed by atoms with Crippen molar-refractivity contribution in [3.63, 3.8) is 0 Å². The molecule has 0 aromatic carbocycles. The molecule has 0 amide bonds. The molecule has 3 heteroatoms. The van der Waals surface area contributed by atoms with E-state index in [9.17, 15) is 4.79 Å². The Hall–Kier alpha value is -0.830. The quantitative estimate of drug-likeness (QED) is 0.445. The maximum Gasteiger partial charge on any atom is 0.303 e. The molecule has 0 aliphatic carbocycles. The van der Waals surface area contributed by atoms with Gasteiger partial charge in [0.25, 0.3) is 0 Å². The molecule has 0 bridgehead atoms. The van der Waals surface area contributed by atoms with Crippen LogP contribution in [0.5, 0.6) is 0 Å². The molecule has 104 valence electrons. The van der Waals surface area contributed by atoms with E-state index in [2.05, 4.69) is 13.5 Å². The second-order valence-corrected chi connectivity index (χ2v) is 4.03. The number of carboxylic acid groups (broad SMARTS) is 1. The van der Waals surface area contributed by atoms with Gasteiger partial charge in [0.2, 0.25) is 0 Å². The van der Waals surface area contributed by atoms with Crippen molar-refractivity contribution in [3.05, 3.63) is 12.7 Å². The zero-order chi connectivity index (χ0) is 12.6. The van der Waals surface area contributed by atoms with Gasteiger partial charge in [0.1, 0.15) is 0 Å². The molecule has 0 aromatic heterocycles. The maximum atomic E-state index is 10.2. The van der Waals surface area contributed by atoms with Crippen LogP contribution >= 0.6 is 0 Å². The smallest absolute Gasteiger partial charge is 0.303 e. The Morgan fingerprint density at radius 3 is 1.76 bits per heavy atom. The third-order valence-electron chi connectivity index (χ3n) is 2.24. The number of carbonyl (C=O) groups is 1. The van der Waals surface area contributed by atoms with Crippen LogP contribution in [0.15, 0.2) is 12.7 Å². The lowest BCUT2D eigenvalue weighted by molar-refractivity contribution is -0.137. The first-order chi connectivity index (χ1) is 7.68. The largest absolute Gasteiger partial charge is 0.481 e. The van der Waals surface area contributed by atoms with E-state index in [1.807, 2.05) is 6.92 Å². The second kappa shape index (κ2) is 20.6. The molecular formula is C14H31NO2. The first-order valence-corrected chi connectivity index (χ1v) is 6.47. The predicted molar refractivity (Wildman–Crippen MR) is 75.8 cm³/mol. The highest BCUT2D eigenvalue weighted by molar-refractivity contribution is 5.66. The summed E-state index contributed by atoms with van der Waals surface area (Å²) in [6, 6.07) is 0. The predicted octanol–water partition coefficient (Wildman–Crippen LogP) is 4.96. The van der Waals surface area contributed by atoms with Crippen LogP contribution in [0.3, 0.4) is 0 Å². The topological polar surface area (TPSA) is 72.3 Å². The summed E-state index contributed by atoms with van der Waals surface area (Å²) in [6.07, 6.45) is 11.8. The fraction of sp³-hybridized carbons (Fsp3) is 0.786. The number of hydrogen-bond acceptors (Lipinski definition) is 2. The number of rotatable bonds is 9. The van der Waals surface area contributed by atoms with Gasteiger partial charge >= 0.3 is 5.97 Å². The fourth-order valence-electron chi connectivity index (χ4n) is 1.41. The Labute approximate surface area is 107 Å². The molecule has 0 heterocycles. The van der Waals surface area contributed by atoms with Crippen molar-refractivity contribution in [3.8, 4) is 0 Å². The summed E-state index contributed by atoms with van der Waals surface area (Å²) in [5.41, 5.74) is 0. The van der Waals surface area contributed by atoms with E-state index in [1.165, 1.54) is 38.5 Å². The summed E-state index contributed by atoms with van der Waals surface area (Å²) in [7, 11) is 0. The van der Waals surface area contributed by atoms with Crippen LogP contribution in [0.2, 0.25) is 0 Å². The molecule has 0 aromatic rings. The summed E-state index contributed by atoms with van der Waals surface area (Å²) in [5, 5.41) is 8.39. The van der Waals surface area contributed by atoms with Gasteiger partial charge in [-0.05, 0) is 13.3 Å². The average Bonchev–Trinajstić information content (AvgIpc) is 2.23. The van der Waals surface area contributed by atoms with Crippen LogP contribution in [-0.4, -0.2) is 11.1 Å². The number of unbranched alkanes of at least 4 members (excludes halogenated alkanes) is 7. The summed E-state index contributed by atoms with van der Waals surface area (Å²) < 4.78 is 0. The van der Waals surface area contributed by atoms with Gasteiger partial charge in [-0.3, -0.25) is 4.79 Å². The van der Waals surface area contributed by atoms with Crippen molar-refractivity contribution in [2.24, 2.45) is 0 Å². The minimum Gasteiger partial charge on any atom is -0.481 e. The lowest BCUT2D eigenvalue weighted by Gasteiger charge is -1.99. The molecule has 0 radical (unpaired) electrons. The molecule has 3 nitrogen and oxygen atoms in total. The first-order valence-electron chi connectivity index (χ1n) is 6.47. The highest BCUT2D eigenvalue weighted by Gasteiger charge is 1.95. The van der Waals surface area contributed by atoms with E-state index < -0.39 is 5.97 Å². The molecule has 0 spiro atoms. The van der Waals surface area contributed by atoms with Crippen molar-refractivity contribution >= 4 is 5.97 Å². The number of hydrogen-bond donors (Lipinski definition) is 2. The summed E-state index contributed by atoms with van der Waals surface area (Å²) in [5.74, 6) is -0.661. The zero-order valence-electron chi connectivity index (χ0n) is 11.7. The van der Waals surface area contributed by atoms with Crippen LogP contribution in [-0.2, 0) is 4.79 Å². The number of carboxylic acids is 1. The van der Waals surface area contributed by atoms with Gasteiger partial charge in [-0.15, -0.1) is 6.58 Å². The Morgan fingerprint density at radius 2 is 1.41 bits per heavy atom. The van der Waals surface area contributed by atoms with Crippen LogP contribution in [0.25, 0.3) is 0 Å². The molecule has 0 rings (SSSR count). The van der Waals surface area contributed by atoms with Gasteiger partial charge in [-0.1, -0.05) is 57.9 Å². The Balaban J connectivity index is -0.000000440.